The molecular weight excluding hydrogens is 224 g/mol. The van der Waals surface area contributed by atoms with Crippen LogP contribution in [-0.4, -0.2) is 38.8 Å². The molecule has 0 aromatic carbocycles. The van der Waals surface area contributed by atoms with Crippen LogP contribution in [0.1, 0.15) is 36.5 Å². The van der Waals surface area contributed by atoms with Gasteiger partial charge in [-0.3, -0.25) is 0 Å². The molecule has 0 aliphatic heterocycles. The van der Waals surface area contributed by atoms with Crippen molar-refractivity contribution in [3.05, 3.63) is 11.4 Å². The van der Waals surface area contributed by atoms with E-state index in [0.29, 0.717) is 18.7 Å². The highest BCUT2D eigenvalue weighted by molar-refractivity contribution is 5.88. The summed E-state index contributed by atoms with van der Waals surface area (Å²) in [4.78, 5) is 11.5. The van der Waals surface area contributed by atoms with Crippen LogP contribution < -0.4 is 5.73 Å². The summed E-state index contributed by atoms with van der Waals surface area (Å²) < 4.78 is 6.38. The van der Waals surface area contributed by atoms with Gasteiger partial charge in [0.1, 0.15) is 0 Å². The Morgan fingerprint density at radius 2 is 2.35 bits per heavy atom. The normalized spacial score (nSPS) is 12.5. The fourth-order valence-electron chi connectivity index (χ4n) is 1.38. The van der Waals surface area contributed by atoms with Gasteiger partial charge < -0.3 is 15.6 Å². The zero-order valence-electron chi connectivity index (χ0n) is 10.1. The fraction of sp³-hybridized carbons (Fsp3) is 0.700. The number of rotatable bonds is 6. The molecule has 17 heavy (non-hydrogen) atoms. The third kappa shape index (κ3) is 3.50. The molecule has 1 heterocycles. The minimum atomic E-state index is -0.517. The first kappa shape index (κ1) is 13.6. The van der Waals surface area contributed by atoms with Crippen LogP contribution >= 0.6 is 0 Å². The summed E-state index contributed by atoms with van der Waals surface area (Å²) in [6.07, 6.45) is 0.0920. The Morgan fingerprint density at radius 1 is 1.65 bits per heavy atom. The number of aliphatic hydroxyl groups is 1. The Kier molecular flexibility index (Phi) is 5.05. The van der Waals surface area contributed by atoms with Gasteiger partial charge in [0.2, 0.25) is 0 Å². The van der Waals surface area contributed by atoms with Crippen molar-refractivity contribution in [3.63, 3.8) is 0 Å². The van der Waals surface area contributed by atoms with E-state index < -0.39 is 12.1 Å². The molecule has 1 aromatic rings. The van der Waals surface area contributed by atoms with Crippen molar-refractivity contribution in [2.45, 2.75) is 39.5 Å². The van der Waals surface area contributed by atoms with Crippen molar-refractivity contribution in [1.29, 1.82) is 0 Å². The van der Waals surface area contributed by atoms with Crippen LogP contribution in [0.15, 0.2) is 0 Å². The standard InChI is InChI=1S/C10H18N4O3/c1-3-17-10(16)9-8(6-11)14(13-12-9)5-4-7(2)15/h7,15H,3-6,11H2,1-2H3. The Hall–Kier alpha value is -1.47. The van der Waals surface area contributed by atoms with Crippen LogP contribution in [0.4, 0.5) is 0 Å². The number of carbonyl (C=O) groups excluding carboxylic acids is 1. The van der Waals surface area contributed by atoms with E-state index in [1.807, 2.05) is 0 Å². The maximum Gasteiger partial charge on any atom is 0.360 e. The van der Waals surface area contributed by atoms with Gasteiger partial charge in [-0.25, -0.2) is 9.48 Å². The number of nitrogens with zero attached hydrogens (tertiary/aromatic N) is 3. The second-order valence-corrected chi connectivity index (χ2v) is 3.67. The summed E-state index contributed by atoms with van der Waals surface area (Å²) in [5, 5.41) is 16.8. The molecule has 0 radical (unpaired) electrons. The van der Waals surface area contributed by atoms with E-state index in [9.17, 15) is 9.90 Å². The van der Waals surface area contributed by atoms with Gasteiger partial charge in [-0.15, -0.1) is 5.10 Å². The van der Waals surface area contributed by atoms with E-state index in [-0.39, 0.29) is 18.8 Å². The molecule has 0 aliphatic carbocycles. The van der Waals surface area contributed by atoms with E-state index in [4.69, 9.17) is 10.5 Å². The first-order valence-corrected chi connectivity index (χ1v) is 5.57. The number of aromatic nitrogens is 3. The molecule has 0 fully saturated rings. The van der Waals surface area contributed by atoms with Crippen molar-refractivity contribution in [2.75, 3.05) is 6.61 Å². The van der Waals surface area contributed by atoms with Crippen LogP contribution in [0.5, 0.6) is 0 Å². The molecule has 1 rings (SSSR count). The van der Waals surface area contributed by atoms with Crippen molar-refractivity contribution in [2.24, 2.45) is 5.73 Å². The van der Waals surface area contributed by atoms with Gasteiger partial charge in [-0.05, 0) is 20.3 Å². The topological polar surface area (TPSA) is 103 Å². The molecule has 0 spiro atoms. The molecule has 0 bridgehead atoms. The van der Waals surface area contributed by atoms with Crippen molar-refractivity contribution >= 4 is 5.97 Å². The van der Waals surface area contributed by atoms with E-state index in [1.54, 1.807) is 13.8 Å². The van der Waals surface area contributed by atoms with Crippen LogP contribution in [-0.2, 0) is 17.8 Å². The lowest BCUT2D eigenvalue weighted by molar-refractivity contribution is 0.0518. The molecule has 0 saturated heterocycles. The maximum absolute atomic E-state index is 11.5. The third-order valence-electron chi connectivity index (χ3n) is 2.26. The lowest BCUT2D eigenvalue weighted by Gasteiger charge is -2.07. The van der Waals surface area contributed by atoms with E-state index in [1.165, 1.54) is 4.68 Å². The number of ether oxygens (including phenoxy) is 1. The number of aryl methyl sites for hydroxylation is 1. The summed E-state index contributed by atoms with van der Waals surface area (Å²) in [6, 6.07) is 0. The number of nitrogens with two attached hydrogens (primary N) is 1. The SMILES string of the molecule is CCOC(=O)c1nnn(CCC(C)O)c1CN. The van der Waals surface area contributed by atoms with Crippen LogP contribution in [0.2, 0.25) is 0 Å². The lowest BCUT2D eigenvalue weighted by Crippen LogP contribution is -2.16. The highest BCUT2D eigenvalue weighted by Crippen LogP contribution is 2.08. The number of aliphatic hydroxyl groups excluding tert-OH is 1. The summed E-state index contributed by atoms with van der Waals surface area (Å²) in [5.41, 5.74) is 6.25. The predicted octanol–water partition coefficient (Wildman–Crippen LogP) is -0.316. The maximum atomic E-state index is 11.5. The van der Waals surface area contributed by atoms with Crippen LogP contribution in [0.25, 0.3) is 0 Å². The number of esters is 1. The molecule has 1 aromatic heterocycles. The lowest BCUT2D eigenvalue weighted by atomic mass is 10.2. The van der Waals surface area contributed by atoms with Crippen LogP contribution in [0, 0.1) is 0 Å². The van der Waals surface area contributed by atoms with E-state index in [2.05, 4.69) is 10.3 Å². The largest absolute Gasteiger partial charge is 0.461 e. The van der Waals surface area contributed by atoms with E-state index >= 15 is 0 Å². The van der Waals surface area contributed by atoms with Gasteiger partial charge in [0.25, 0.3) is 0 Å². The van der Waals surface area contributed by atoms with Crippen molar-refractivity contribution in [1.82, 2.24) is 15.0 Å². The van der Waals surface area contributed by atoms with Crippen molar-refractivity contribution in [3.8, 4) is 0 Å². The molecule has 0 amide bonds. The summed E-state index contributed by atoms with van der Waals surface area (Å²) >= 11 is 0. The van der Waals surface area contributed by atoms with Crippen molar-refractivity contribution < 1.29 is 14.6 Å². The molecule has 7 heteroatoms. The summed E-state index contributed by atoms with van der Waals surface area (Å²) in [6.45, 7) is 4.31. The smallest absolute Gasteiger partial charge is 0.360 e. The molecule has 3 N–H and O–H groups in total. The predicted molar refractivity (Wildman–Crippen MR) is 60.2 cm³/mol. The summed E-state index contributed by atoms with van der Waals surface area (Å²) in [7, 11) is 0. The number of hydrogen-bond donors (Lipinski definition) is 2. The Bertz CT molecular complexity index is 376. The number of hydrogen-bond acceptors (Lipinski definition) is 6. The quantitative estimate of drug-likeness (QED) is 0.663. The minimum Gasteiger partial charge on any atom is -0.461 e. The molecule has 7 nitrogen and oxygen atoms in total. The molecular formula is C10H18N4O3. The second kappa shape index (κ2) is 6.31. The molecule has 1 atom stereocenters. The van der Waals surface area contributed by atoms with E-state index in [0.717, 1.165) is 0 Å². The Labute approximate surface area is 99.6 Å². The van der Waals surface area contributed by atoms with Gasteiger partial charge in [-0.1, -0.05) is 5.21 Å². The van der Waals surface area contributed by atoms with Gasteiger partial charge in [-0.2, -0.15) is 0 Å². The summed E-state index contributed by atoms with van der Waals surface area (Å²) in [5.74, 6) is -0.517. The average Bonchev–Trinajstić information content (AvgIpc) is 2.69. The van der Waals surface area contributed by atoms with Gasteiger partial charge in [0.05, 0.1) is 18.4 Å². The molecule has 1 unspecified atom stereocenters. The first-order valence-electron chi connectivity index (χ1n) is 5.57. The molecule has 96 valence electrons. The van der Waals surface area contributed by atoms with Gasteiger partial charge in [0.15, 0.2) is 5.69 Å². The molecule has 0 saturated carbocycles. The second-order valence-electron chi connectivity index (χ2n) is 3.67. The Morgan fingerprint density at radius 3 is 2.88 bits per heavy atom. The van der Waals surface area contributed by atoms with Gasteiger partial charge >= 0.3 is 5.97 Å². The highest BCUT2D eigenvalue weighted by atomic mass is 16.5. The Balaban J connectivity index is 2.83. The number of carbonyl (C=O) groups is 1. The zero-order chi connectivity index (χ0) is 12.8. The monoisotopic (exact) mass is 242 g/mol. The van der Waals surface area contributed by atoms with Gasteiger partial charge in [0, 0.05) is 13.1 Å². The minimum absolute atomic E-state index is 0.153. The highest BCUT2D eigenvalue weighted by Gasteiger charge is 2.19. The third-order valence-corrected chi connectivity index (χ3v) is 2.26. The van der Waals surface area contributed by atoms with Crippen LogP contribution in [0.3, 0.4) is 0 Å². The first-order chi connectivity index (χ1) is 8.10. The zero-order valence-corrected chi connectivity index (χ0v) is 10.1. The molecule has 0 aliphatic rings. The fourth-order valence-corrected chi connectivity index (χ4v) is 1.38. The average molecular weight is 242 g/mol.